The van der Waals surface area contributed by atoms with Crippen LogP contribution in [0.2, 0.25) is 0 Å². The van der Waals surface area contributed by atoms with Gasteiger partial charge >= 0.3 is 0 Å². The predicted octanol–water partition coefficient (Wildman–Crippen LogP) is 4.27. The van der Waals surface area contributed by atoms with E-state index in [2.05, 4.69) is 41.4 Å². The molecule has 0 amide bonds. The summed E-state index contributed by atoms with van der Waals surface area (Å²) in [5, 5.41) is 17.5. The van der Waals surface area contributed by atoms with Gasteiger partial charge < -0.3 is 10.1 Å². The minimum absolute atomic E-state index is 0.0215. The van der Waals surface area contributed by atoms with Crippen LogP contribution in [-0.2, 0) is 23.1 Å². The lowest BCUT2D eigenvalue weighted by atomic mass is 9.84. The average molecular weight is 400 g/mol. The van der Waals surface area contributed by atoms with E-state index in [-0.39, 0.29) is 11.5 Å². The van der Waals surface area contributed by atoms with Gasteiger partial charge in [0.25, 0.3) is 0 Å². The van der Waals surface area contributed by atoms with Gasteiger partial charge in [-0.15, -0.1) is 0 Å². The van der Waals surface area contributed by atoms with Crippen LogP contribution in [0.5, 0.6) is 0 Å². The number of hydrogen-bond donors (Lipinski definition) is 1. The smallest absolute Gasteiger partial charge is 0.228 e. The summed E-state index contributed by atoms with van der Waals surface area (Å²) in [6.07, 6.45) is 3.77. The average Bonchev–Trinajstić information content (AvgIpc) is 3.29. The van der Waals surface area contributed by atoms with Gasteiger partial charge in [-0.2, -0.15) is 10.4 Å². The van der Waals surface area contributed by atoms with E-state index >= 15 is 0 Å². The van der Waals surface area contributed by atoms with Crippen LogP contribution in [0.3, 0.4) is 0 Å². The van der Waals surface area contributed by atoms with Crippen molar-refractivity contribution in [2.24, 2.45) is 0 Å². The second kappa shape index (κ2) is 6.92. The van der Waals surface area contributed by atoms with Crippen LogP contribution in [0.1, 0.15) is 55.7 Å². The standard InChI is InChI=1S/C23H24N6O/c1-14-20-12-21(28-29(20)8-9-30-14)27-22-25-7-5-19(26-22)15-10-16(13-24)17-4-6-23(2,3)18(17)11-15/h5,7,10-12,14H,4,6,8-9H2,1-3H3,(H,25,26,27,28). The summed E-state index contributed by atoms with van der Waals surface area (Å²) in [4.78, 5) is 9.06. The highest BCUT2D eigenvalue weighted by Gasteiger charge is 2.32. The molecular formula is C23H24N6O. The highest BCUT2D eigenvalue weighted by molar-refractivity contribution is 5.67. The van der Waals surface area contributed by atoms with E-state index in [1.54, 1.807) is 6.20 Å². The molecule has 0 saturated heterocycles. The third kappa shape index (κ3) is 3.14. The van der Waals surface area contributed by atoms with Gasteiger partial charge in [-0.3, -0.25) is 4.68 Å². The summed E-state index contributed by atoms with van der Waals surface area (Å²) in [6, 6.07) is 10.4. The second-order valence-electron chi connectivity index (χ2n) is 8.63. The number of fused-ring (bicyclic) bond motifs is 2. The maximum atomic E-state index is 9.68. The molecule has 7 nitrogen and oxygen atoms in total. The molecule has 2 aliphatic rings. The molecule has 0 spiro atoms. The van der Waals surface area contributed by atoms with E-state index in [9.17, 15) is 5.26 Å². The molecule has 3 aromatic rings. The van der Waals surface area contributed by atoms with Crippen molar-refractivity contribution < 1.29 is 4.74 Å². The number of rotatable bonds is 3. The maximum absolute atomic E-state index is 9.68. The fourth-order valence-corrected chi connectivity index (χ4v) is 4.46. The molecule has 3 heterocycles. The molecule has 1 aliphatic carbocycles. The summed E-state index contributed by atoms with van der Waals surface area (Å²) in [5.74, 6) is 1.18. The van der Waals surface area contributed by atoms with Crippen molar-refractivity contribution >= 4 is 11.8 Å². The molecule has 1 N–H and O–H groups in total. The van der Waals surface area contributed by atoms with Crippen LogP contribution in [-0.4, -0.2) is 26.4 Å². The van der Waals surface area contributed by atoms with Crippen LogP contribution in [0.15, 0.2) is 30.5 Å². The van der Waals surface area contributed by atoms with Crippen LogP contribution in [0, 0.1) is 11.3 Å². The number of nitriles is 1. The number of anilines is 2. The molecule has 1 aromatic carbocycles. The van der Waals surface area contributed by atoms with Crippen molar-refractivity contribution in [2.45, 2.75) is 51.7 Å². The lowest BCUT2D eigenvalue weighted by molar-refractivity contribution is 0.0289. The monoisotopic (exact) mass is 400 g/mol. The summed E-state index contributed by atoms with van der Waals surface area (Å²) < 4.78 is 7.63. The summed E-state index contributed by atoms with van der Waals surface area (Å²) in [7, 11) is 0. The van der Waals surface area contributed by atoms with E-state index in [1.165, 1.54) is 11.1 Å². The van der Waals surface area contributed by atoms with E-state index in [4.69, 9.17) is 9.72 Å². The summed E-state index contributed by atoms with van der Waals surface area (Å²) >= 11 is 0. The Morgan fingerprint density at radius 1 is 1.30 bits per heavy atom. The molecule has 1 unspecified atom stereocenters. The molecule has 30 heavy (non-hydrogen) atoms. The van der Waals surface area contributed by atoms with E-state index in [0.717, 1.165) is 41.9 Å². The first kappa shape index (κ1) is 18.8. The first-order valence-corrected chi connectivity index (χ1v) is 10.3. The van der Waals surface area contributed by atoms with Gasteiger partial charge in [0, 0.05) is 17.8 Å². The molecule has 0 bridgehead atoms. The molecule has 1 atom stereocenters. The van der Waals surface area contributed by atoms with Gasteiger partial charge in [-0.05, 0) is 54.5 Å². The third-order valence-electron chi connectivity index (χ3n) is 6.19. The van der Waals surface area contributed by atoms with Crippen LogP contribution in [0.25, 0.3) is 11.3 Å². The van der Waals surface area contributed by atoms with Crippen molar-refractivity contribution in [3.8, 4) is 17.3 Å². The fraction of sp³-hybridized carbons (Fsp3) is 0.391. The Hall–Kier alpha value is -3.24. The van der Waals surface area contributed by atoms with E-state index < -0.39 is 0 Å². The molecule has 0 radical (unpaired) electrons. The van der Waals surface area contributed by atoms with Gasteiger partial charge in [-0.1, -0.05) is 13.8 Å². The summed E-state index contributed by atoms with van der Waals surface area (Å²) in [5.41, 5.74) is 6.02. The lowest BCUT2D eigenvalue weighted by Gasteiger charge is -2.20. The van der Waals surface area contributed by atoms with Gasteiger partial charge in [0.1, 0.15) is 0 Å². The molecule has 2 aromatic heterocycles. The van der Waals surface area contributed by atoms with Crippen molar-refractivity contribution in [1.82, 2.24) is 19.7 Å². The first-order chi connectivity index (χ1) is 14.4. The Kier molecular flexibility index (Phi) is 4.33. The van der Waals surface area contributed by atoms with Gasteiger partial charge in [0.15, 0.2) is 5.82 Å². The number of ether oxygens (including phenoxy) is 1. The number of hydrogen-bond acceptors (Lipinski definition) is 6. The zero-order valence-electron chi connectivity index (χ0n) is 17.4. The Balaban J connectivity index is 1.48. The van der Waals surface area contributed by atoms with Gasteiger partial charge in [0.05, 0.1) is 42.3 Å². The highest BCUT2D eigenvalue weighted by Crippen LogP contribution is 2.41. The van der Waals surface area contributed by atoms with E-state index in [1.807, 2.05) is 29.8 Å². The van der Waals surface area contributed by atoms with Crippen LogP contribution >= 0.6 is 0 Å². The topological polar surface area (TPSA) is 88.6 Å². The first-order valence-electron chi connectivity index (χ1n) is 10.3. The molecular weight excluding hydrogens is 376 g/mol. The normalized spacial score (nSPS) is 19.1. The molecule has 0 saturated carbocycles. The van der Waals surface area contributed by atoms with Gasteiger partial charge in [0.2, 0.25) is 5.95 Å². The van der Waals surface area contributed by atoms with Crippen LogP contribution < -0.4 is 5.32 Å². The predicted molar refractivity (Wildman–Crippen MR) is 113 cm³/mol. The molecule has 152 valence electrons. The minimum Gasteiger partial charge on any atom is -0.370 e. The summed E-state index contributed by atoms with van der Waals surface area (Å²) in [6.45, 7) is 7.90. The quantitative estimate of drug-likeness (QED) is 0.706. The maximum Gasteiger partial charge on any atom is 0.228 e. The van der Waals surface area contributed by atoms with Crippen LogP contribution in [0.4, 0.5) is 11.8 Å². The Morgan fingerprint density at radius 2 is 2.17 bits per heavy atom. The van der Waals surface area contributed by atoms with E-state index in [0.29, 0.717) is 18.4 Å². The van der Waals surface area contributed by atoms with Crippen molar-refractivity contribution in [3.05, 3.63) is 52.8 Å². The lowest BCUT2D eigenvalue weighted by Crippen LogP contribution is -2.20. The molecule has 1 aliphatic heterocycles. The third-order valence-corrected chi connectivity index (χ3v) is 6.19. The Labute approximate surface area is 175 Å². The molecule has 0 fully saturated rings. The fourth-order valence-electron chi connectivity index (χ4n) is 4.46. The largest absolute Gasteiger partial charge is 0.370 e. The number of nitrogens with zero attached hydrogens (tertiary/aromatic N) is 5. The number of benzene rings is 1. The van der Waals surface area contributed by atoms with Gasteiger partial charge in [-0.25, -0.2) is 9.97 Å². The molecule has 5 rings (SSSR count). The Morgan fingerprint density at radius 3 is 2.97 bits per heavy atom. The number of nitrogens with one attached hydrogen (secondary N) is 1. The minimum atomic E-state index is 0.0215. The zero-order chi connectivity index (χ0) is 20.9. The van der Waals surface area contributed by atoms with Crippen molar-refractivity contribution in [3.63, 3.8) is 0 Å². The highest BCUT2D eigenvalue weighted by atomic mass is 16.5. The van der Waals surface area contributed by atoms with Crippen molar-refractivity contribution in [1.29, 1.82) is 5.26 Å². The second-order valence-corrected chi connectivity index (χ2v) is 8.63. The SMILES string of the molecule is CC1OCCn2nc(Nc3nccc(-c4cc(C#N)c5c(c4)C(C)(C)CC5)n3)cc21. The zero-order valence-corrected chi connectivity index (χ0v) is 17.4. The Bertz CT molecular complexity index is 1170. The van der Waals surface area contributed by atoms with Crippen molar-refractivity contribution in [2.75, 3.05) is 11.9 Å². The number of aromatic nitrogens is 4. The molecule has 7 heteroatoms.